The minimum absolute atomic E-state index is 0.0478. The highest BCUT2D eigenvalue weighted by Gasteiger charge is 2.21. The molecule has 1 saturated heterocycles. The number of anilines is 1. The summed E-state index contributed by atoms with van der Waals surface area (Å²) in [5.41, 5.74) is 1.84. The molecule has 1 aromatic carbocycles. The molecule has 5 heteroatoms. The third kappa shape index (κ3) is 2.66. The van der Waals surface area contributed by atoms with Crippen molar-refractivity contribution < 1.29 is 4.79 Å². The number of carbonyl (C=O) groups excluding carboxylic acids is 1. The fourth-order valence-electron chi connectivity index (χ4n) is 2.27. The topological polar surface area (TPSA) is 59.0 Å². The van der Waals surface area contributed by atoms with Gasteiger partial charge in [-0.05, 0) is 43.7 Å². The van der Waals surface area contributed by atoms with Gasteiger partial charge in [-0.25, -0.2) is 4.98 Å². The van der Waals surface area contributed by atoms with Gasteiger partial charge in [0, 0.05) is 23.8 Å². The minimum atomic E-state index is -0.0478. The number of carbonyl (C=O) groups is 1. The number of rotatable bonds is 3. The van der Waals surface area contributed by atoms with Gasteiger partial charge in [-0.3, -0.25) is 4.79 Å². The van der Waals surface area contributed by atoms with Crippen LogP contribution in [-0.2, 0) is 4.79 Å². The number of amides is 1. The van der Waals surface area contributed by atoms with Gasteiger partial charge >= 0.3 is 0 Å². The monoisotopic (exact) mass is 256 g/mol. The Balaban J connectivity index is 1.67. The number of hydrogen-bond donors (Lipinski definition) is 2. The Hall–Kier alpha value is -2.14. The van der Waals surface area contributed by atoms with Crippen LogP contribution in [0.1, 0.15) is 12.8 Å². The van der Waals surface area contributed by atoms with Crippen LogP contribution in [0.3, 0.4) is 0 Å². The lowest BCUT2D eigenvalue weighted by atomic mass is 10.2. The minimum Gasteiger partial charge on any atom is -0.325 e. The van der Waals surface area contributed by atoms with Gasteiger partial charge in [0.25, 0.3) is 0 Å². The summed E-state index contributed by atoms with van der Waals surface area (Å²) in [6, 6.07) is 7.68. The average molecular weight is 256 g/mol. The van der Waals surface area contributed by atoms with E-state index in [1.54, 1.807) is 12.5 Å². The van der Waals surface area contributed by atoms with Gasteiger partial charge in [-0.2, -0.15) is 0 Å². The standard InChI is InChI=1S/C14H16N4O/c19-14(13-2-1-7-16-13)17-11-3-5-12(6-4-11)18-9-8-15-10-18/h3-6,8-10,13,16H,1-2,7H2,(H,17,19). The van der Waals surface area contributed by atoms with Crippen molar-refractivity contribution in [3.05, 3.63) is 43.0 Å². The van der Waals surface area contributed by atoms with Gasteiger partial charge in [-0.1, -0.05) is 0 Å². The average Bonchev–Trinajstić information content (AvgIpc) is 3.13. The van der Waals surface area contributed by atoms with Crippen LogP contribution in [0.15, 0.2) is 43.0 Å². The van der Waals surface area contributed by atoms with E-state index in [0.717, 1.165) is 30.8 Å². The highest BCUT2D eigenvalue weighted by Crippen LogP contribution is 2.14. The maximum absolute atomic E-state index is 11.9. The van der Waals surface area contributed by atoms with E-state index in [0.29, 0.717) is 0 Å². The van der Waals surface area contributed by atoms with Crippen molar-refractivity contribution in [1.29, 1.82) is 0 Å². The second-order valence-electron chi connectivity index (χ2n) is 4.66. The van der Waals surface area contributed by atoms with Crippen molar-refractivity contribution in [2.24, 2.45) is 0 Å². The fraction of sp³-hybridized carbons (Fsp3) is 0.286. The zero-order valence-corrected chi connectivity index (χ0v) is 10.5. The van der Waals surface area contributed by atoms with E-state index >= 15 is 0 Å². The van der Waals surface area contributed by atoms with Crippen LogP contribution in [0.4, 0.5) is 5.69 Å². The van der Waals surface area contributed by atoms with Crippen LogP contribution in [0.5, 0.6) is 0 Å². The first-order valence-electron chi connectivity index (χ1n) is 6.45. The van der Waals surface area contributed by atoms with Crippen LogP contribution in [0, 0.1) is 0 Å². The third-order valence-corrected chi connectivity index (χ3v) is 3.31. The molecule has 0 spiro atoms. The van der Waals surface area contributed by atoms with Crippen LogP contribution >= 0.6 is 0 Å². The Bertz CT molecular complexity index is 541. The Kier molecular flexibility index (Phi) is 3.29. The number of imidazole rings is 1. The molecule has 2 N–H and O–H groups in total. The molecule has 0 saturated carbocycles. The molecule has 98 valence electrons. The van der Waals surface area contributed by atoms with E-state index < -0.39 is 0 Å². The fourth-order valence-corrected chi connectivity index (χ4v) is 2.27. The second-order valence-corrected chi connectivity index (χ2v) is 4.66. The number of hydrogen-bond acceptors (Lipinski definition) is 3. The first-order valence-corrected chi connectivity index (χ1v) is 6.45. The van der Waals surface area contributed by atoms with E-state index in [1.807, 2.05) is 35.0 Å². The Morgan fingerprint density at radius 2 is 2.21 bits per heavy atom. The van der Waals surface area contributed by atoms with Gasteiger partial charge in [0.15, 0.2) is 0 Å². The zero-order chi connectivity index (χ0) is 13.1. The van der Waals surface area contributed by atoms with E-state index in [4.69, 9.17) is 0 Å². The summed E-state index contributed by atoms with van der Waals surface area (Å²) in [7, 11) is 0. The van der Waals surface area contributed by atoms with Gasteiger partial charge in [0.05, 0.1) is 12.4 Å². The molecule has 1 aromatic heterocycles. The van der Waals surface area contributed by atoms with Crippen molar-refractivity contribution >= 4 is 11.6 Å². The zero-order valence-electron chi connectivity index (χ0n) is 10.5. The molecule has 1 aliphatic heterocycles. The lowest BCUT2D eigenvalue weighted by molar-refractivity contribution is -0.117. The van der Waals surface area contributed by atoms with Crippen LogP contribution in [-0.4, -0.2) is 28.0 Å². The van der Waals surface area contributed by atoms with Crippen LogP contribution in [0.25, 0.3) is 5.69 Å². The Labute approximate surface area is 111 Å². The molecule has 0 bridgehead atoms. The van der Waals surface area contributed by atoms with E-state index in [1.165, 1.54) is 0 Å². The second kappa shape index (κ2) is 5.24. The first-order chi connectivity index (χ1) is 9.33. The van der Waals surface area contributed by atoms with Gasteiger partial charge < -0.3 is 15.2 Å². The van der Waals surface area contributed by atoms with Crippen LogP contribution in [0.2, 0.25) is 0 Å². The largest absolute Gasteiger partial charge is 0.325 e. The smallest absolute Gasteiger partial charge is 0.241 e. The summed E-state index contributed by atoms with van der Waals surface area (Å²) in [4.78, 5) is 15.9. The highest BCUT2D eigenvalue weighted by atomic mass is 16.2. The van der Waals surface area contributed by atoms with Crippen molar-refractivity contribution in [2.45, 2.75) is 18.9 Å². The maximum atomic E-state index is 11.9. The van der Waals surface area contributed by atoms with Crippen molar-refractivity contribution in [2.75, 3.05) is 11.9 Å². The molecule has 5 nitrogen and oxygen atoms in total. The molecule has 2 heterocycles. The molecule has 0 aliphatic carbocycles. The SMILES string of the molecule is O=C(Nc1ccc(-n2ccnc2)cc1)C1CCCN1. The molecular formula is C14H16N4O. The van der Waals surface area contributed by atoms with Gasteiger partial charge in [-0.15, -0.1) is 0 Å². The predicted octanol–water partition coefficient (Wildman–Crippen LogP) is 1.56. The van der Waals surface area contributed by atoms with E-state index in [9.17, 15) is 4.79 Å². The Morgan fingerprint density at radius 1 is 1.37 bits per heavy atom. The number of nitrogens with zero attached hydrogens (tertiary/aromatic N) is 2. The Morgan fingerprint density at radius 3 is 2.84 bits per heavy atom. The maximum Gasteiger partial charge on any atom is 0.241 e. The molecule has 0 radical (unpaired) electrons. The number of benzene rings is 1. The summed E-state index contributed by atoms with van der Waals surface area (Å²) in [6.45, 7) is 0.928. The predicted molar refractivity (Wildman–Crippen MR) is 73.2 cm³/mol. The summed E-state index contributed by atoms with van der Waals surface area (Å²) < 4.78 is 1.92. The summed E-state index contributed by atoms with van der Waals surface area (Å²) in [5.74, 6) is 0.0490. The summed E-state index contributed by atoms with van der Waals surface area (Å²) >= 11 is 0. The van der Waals surface area contributed by atoms with Crippen molar-refractivity contribution in [1.82, 2.24) is 14.9 Å². The van der Waals surface area contributed by atoms with Crippen molar-refractivity contribution in [3.8, 4) is 5.69 Å². The molecule has 1 aliphatic rings. The van der Waals surface area contributed by atoms with Crippen LogP contribution < -0.4 is 10.6 Å². The third-order valence-electron chi connectivity index (χ3n) is 3.31. The van der Waals surface area contributed by atoms with Crippen molar-refractivity contribution in [3.63, 3.8) is 0 Å². The molecule has 1 atom stereocenters. The molecule has 1 amide bonds. The molecule has 1 fully saturated rings. The van der Waals surface area contributed by atoms with Gasteiger partial charge in [0.1, 0.15) is 0 Å². The lowest BCUT2D eigenvalue weighted by Gasteiger charge is -2.11. The number of nitrogens with one attached hydrogen (secondary N) is 2. The highest BCUT2D eigenvalue weighted by molar-refractivity contribution is 5.95. The molecular weight excluding hydrogens is 240 g/mol. The molecule has 1 unspecified atom stereocenters. The first kappa shape index (κ1) is 11.9. The molecule has 19 heavy (non-hydrogen) atoms. The summed E-state index contributed by atoms with van der Waals surface area (Å²) in [6.07, 6.45) is 7.35. The van der Waals surface area contributed by atoms with E-state index in [-0.39, 0.29) is 11.9 Å². The summed E-state index contributed by atoms with van der Waals surface area (Å²) in [5, 5.41) is 6.12. The quantitative estimate of drug-likeness (QED) is 0.876. The van der Waals surface area contributed by atoms with Gasteiger partial charge in [0.2, 0.25) is 5.91 Å². The number of aromatic nitrogens is 2. The van der Waals surface area contributed by atoms with E-state index in [2.05, 4.69) is 15.6 Å². The lowest BCUT2D eigenvalue weighted by Crippen LogP contribution is -2.35. The molecule has 2 aromatic rings. The molecule has 3 rings (SSSR count). The normalized spacial score (nSPS) is 18.4.